The van der Waals surface area contributed by atoms with E-state index in [0.717, 1.165) is 24.9 Å². The molecular formula is C16H22ClNO. The zero-order valence-electron chi connectivity index (χ0n) is 11.5. The standard InChI is InChI=1S/C16H22ClNO/c1-12-6-2-3-7-13(12)10-16(19)18-11-14-8-4-5-9-15(14)17/h2-3,6-7,14-15H,4-5,8-11H2,1H3,(H,18,19). The van der Waals surface area contributed by atoms with Gasteiger partial charge in [-0.2, -0.15) is 0 Å². The molecule has 1 aliphatic carbocycles. The molecule has 2 unspecified atom stereocenters. The molecular weight excluding hydrogens is 258 g/mol. The Morgan fingerprint density at radius 1 is 1.32 bits per heavy atom. The molecule has 0 aliphatic heterocycles. The highest BCUT2D eigenvalue weighted by Gasteiger charge is 2.23. The van der Waals surface area contributed by atoms with Gasteiger partial charge in [-0.05, 0) is 36.8 Å². The van der Waals surface area contributed by atoms with Crippen LogP contribution in [0.25, 0.3) is 0 Å². The highest BCUT2D eigenvalue weighted by molar-refractivity contribution is 6.20. The Labute approximate surface area is 120 Å². The summed E-state index contributed by atoms with van der Waals surface area (Å²) in [5.41, 5.74) is 2.27. The molecule has 0 heterocycles. The van der Waals surface area contributed by atoms with Crippen molar-refractivity contribution in [3.63, 3.8) is 0 Å². The molecule has 1 fully saturated rings. The zero-order chi connectivity index (χ0) is 13.7. The van der Waals surface area contributed by atoms with Gasteiger partial charge >= 0.3 is 0 Å². The van der Waals surface area contributed by atoms with E-state index in [1.807, 2.05) is 31.2 Å². The van der Waals surface area contributed by atoms with E-state index in [4.69, 9.17) is 11.6 Å². The van der Waals surface area contributed by atoms with E-state index < -0.39 is 0 Å². The number of hydrogen-bond donors (Lipinski definition) is 1. The summed E-state index contributed by atoms with van der Waals surface area (Å²) < 4.78 is 0. The van der Waals surface area contributed by atoms with E-state index in [0.29, 0.717) is 12.3 Å². The van der Waals surface area contributed by atoms with E-state index in [-0.39, 0.29) is 11.3 Å². The van der Waals surface area contributed by atoms with Crippen LogP contribution in [0.15, 0.2) is 24.3 Å². The van der Waals surface area contributed by atoms with Gasteiger partial charge in [-0.3, -0.25) is 4.79 Å². The SMILES string of the molecule is Cc1ccccc1CC(=O)NCC1CCCCC1Cl. The van der Waals surface area contributed by atoms with Gasteiger partial charge in [0.1, 0.15) is 0 Å². The number of aryl methyl sites for hydroxylation is 1. The van der Waals surface area contributed by atoms with Crippen LogP contribution in [0.3, 0.4) is 0 Å². The van der Waals surface area contributed by atoms with Crippen LogP contribution in [0.2, 0.25) is 0 Å². The van der Waals surface area contributed by atoms with Gasteiger partial charge in [-0.1, -0.05) is 37.1 Å². The fraction of sp³-hybridized carbons (Fsp3) is 0.562. The van der Waals surface area contributed by atoms with E-state index in [9.17, 15) is 4.79 Å². The Balaban J connectivity index is 1.80. The molecule has 1 aromatic rings. The number of hydrogen-bond acceptors (Lipinski definition) is 1. The highest BCUT2D eigenvalue weighted by Crippen LogP contribution is 2.27. The topological polar surface area (TPSA) is 29.1 Å². The van der Waals surface area contributed by atoms with E-state index >= 15 is 0 Å². The van der Waals surface area contributed by atoms with Crippen LogP contribution >= 0.6 is 11.6 Å². The minimum atomic E-state index is 0.101. The normalized spacial score (nSPS) is 23.1. The Morgan fingerprint density at radius 3 is 2.79 bits per heavy atom. The number of carbonyl (C=O) groups excluding carboxylic acids is 1. The van der Waals surface area contributed by atoms with Crippen LogP contribution in [0.4, 0.5) is 0 Å². The minimum Gasteiger partial charge on any atom is -0.355 e. The van der Waals surface area contributed by atoms with E-state index in [2.05, 4.69) is 5.32 Å². The Hall–Kier alpha value is -1.02. The second-order valence-corrected chi connectivity index (χ2v) is 6.03. The van der Waals surface area contributed by atoms with Crippen LogP contribution in [0.5, 0.6) is 0 Å². The Kier molecular flexibility index (Phi) is 5.26. The average molecular weight is 280 g/mol. The van der Waals surface area contributed by atoms with Gasteiger partial charge in [0.05, 0.1) is 6.42 Å². The van der Waals surface area contributed by atoms with Crippen molar-refractivity contribution in [1.29, 1.82) is 0 Å². The third-order valence-corrected chi connectivity index (χ3v) is 4.56. The second-order valence-electron chi connectivity index (χ2n) is 5.47. The minimum absolute atomic E-state index is 0.101. The van der Waals surface area contributed by atoms with Crippen molar-refractivity contribution >= 4 is 17.5 Å². The van der Waals surface area contributed by atoms with Crippen molar-refractivity contribution in [3.05, 3.63) is 35.4 Å². The van der Waals surface area contributed by atoms with Gasteiger partial charge in [0, 0.05) is 11.9 Å². The summed E-state index contributed by atoms with van der Waals surface area (Å²) in [5.74, 6) is 0.542. The van der Waals surface area contributed by atoms with Gasteiger partial charge in [-0.25, -0.2) is 0 Å². The quantitative estimate of drug-likeness (QED) is 0.841. The second kappa shape index (κ2) is 6.95. The first-order valence-electron chi connectivity index (χ1n) is 7.12. The lowest BCUT2D eigenvalue weighted by molar-refractivity contribution is -0.120. The average Bonchev–Trinajstić information content (AvgIpc) is 2.40. The summed E-state index contributed by atoms with van der Waals surface area (Å²) >= 11 is 6.30. The van der Waals surface area contributed by atoms with Crippen LogP contribution < -0.4 is 5.32 Å². The maximum absolute atomic E-state index is 12.0. The zero-order valence-corrected chi connectivity index (χ0v) is 12.2. The summed E-state index contributed by atoms with van der Waals surface area (Å²) in [5, 5.41) is 3.26. The molecule has 2 rings (SSSR count). The van der Waals surface area contributed by atoms with Crippen LogP contribution in [-0.4, -0.2) is 17.8 Å². The molecule has 19 heavy (non-hydrogen) atoms. The molecule has 104 valence electrons. The molecule has 3 heteroatoms. The number of nitrogens with one attached hydrogen (secondary N) is 1. The summed E-state index contributed by atoms with van der Waals surface area (Å²) in [6.07, 6.45) is 5.15. The molecule has 2 atom stereocenters. The van der Waals surface area contributed by atoms with Gasteiger partial charge in [0.15, 0.2) is 0 Å². The van der Waals surface area contributed by atoms with Gasteiger partial charge in [0.25, 0.3) is 0 Å². The first-order chi connectivity index (χ1) is 9.16. The molecule has 1 N–H and O–H groups in total. The molecule has 1 aliphatic rings. The summed E-state index contributed by atoms with van der Waals surface area (Å²) in [6, 6.07) is 8.03. The van der Waals surface area contributed by atoms with Crippen molar-refractivity contribution in [2.24, 2.45) is 5.92 Å². The molecule has 0 bridgehead atoms. The van der Waals surface area contributed by atoms with Gasteiger partial charge in [-0.15, -0.1) is 11.6 Å². The first-order valence-corrected chi connectivity index (χ1v) is 7.55. The first kappa shape index (κ1) is 14.4. The third-order valence-electron chi connectivity index (χ3n) is 3.99. The van der Waals surface area contributed by atoms with Gasteiger partial charge in [0.2, 0.25) is 5.91 Å². The van der Waals surface area contributed by atoms with Crippen LogP contribution in [-0.2, 0) is 11.2 Å². The summed E-state index contributed by atoms with van der Waals surface area (Å²) in [6.45, 7) is 2.76. The van der Waals surface area contributed by atoms with Crippen LogP contribution in [0.1, 0.15) is 36.8 Å². The predicted octanol–water partition coefficient (Wildman–Crippen LogP) is 3.45. The van der Waals surface area contributed by atoms with Crippen molar-refractivity contribution < 1.29 is 4.79 Å². The smallest absolute Gasteiger partial charge is 0.224 e. The molecule has 1 saturated carbocycles. The molecule has 1 aromatic carbocycles. The number of benzene rings is 1. The Morgan fingerprint density at radius 2 is 2.05 bits per heavy atom. The maximum Gasteiger partial charge on any atom is 0.224 e. The summed E-state index contributed by atoms with van der Waals surface area (Å²) in [7, 11) is 0. The lowest BCUT2D eigenvalue weighted by Gasteiger charge is -2.27. The largest absolute Gasteiger partial charge is 0.355 e. The number of halogens is 1. The van der Waals surface area contributed by atoms with Crippen molar-refractivity contribution in [2.75, 3.05) is 6.54 Å². The Bertz CT molecular complexity index is 433. The lowest BCUT2D eigenvalue weighted by Crippen LogP contribution is -2.35. The molecule has 1 amide bonds. The highest BCUT2D eigenvalue weighted by atomic mass is 35.5. The van der Waals surface area contributed by atoms with Crippen LogP contribution in [0, 0.1) is 12.8 Å². The fourth-order valence-electron chi connectivity index (χ4n) is 2.68. The molecule has 0 spiro atoms. The molecule has 2 nitrogen and oxygen atoms in total. The fourth-order valence-corrected chi connectivity index (χ4v) is 3.05. The van der Waals surface area contributed by atoms with Gasteiger partial charge < -0.3 is 5.32 Å². The van der Waals surface area contributed by atoms with E-state index in [1.165, 1.54) is 18.4 Å². The molecule has 0 saturated heterocycles. The number of carbonyl (C=O) groups is 1. The summed E-state index contributed by atoms with van der Waals surface area (Å²) in [4.78, 5) is 12.0. The predicted molar refractivity (Wildman–Crippen MR) is 79.5 cm³/mol. The monoisotopic (exact) mass is 279 g/mol. The number of alkyl halides is 1. The van der Waals surface area contributed by atoms with E-state index in [1.54, 1.807) is 0 Å². The lowest BCUT2D eigenvalue weighted by atomic mass is 9.88. The van der Waals surface area contributed by atoms with Crippen molar-refractivity contribution in [1.82, 2.24) is 5.32 Å². The number of rotatable bonds is 4. The molecule has 0 aromatic heterocycles. The number of amides is 1. The third kappa shape index (κ3) is 4.24. The van der Waals surface area contributed by atoms with Crippen molar-refractivity contribution in [3.8, 4) is 0 Å². The molecule has 0 radical (unpaired) electrons. The maximum atomic E-state index is 12.0. The van der Waals surface area contributed by atoms with Crippen molar-refractivity contribution in [2.45, 2.75) is 44.4 Å².